The quantitative estimate of drug-likeness (QED) is 0.113. The molecule has 0 atom stereocenters. The van der Waals surface area contributed by atoms with Crippen LogP contribution in [-0.4, -0.2) is 17.3 Å². The molecule has 0 radical (unpaired) electrons. The fourth-order valence-corrected chi connectivity index (χ4v) is 6.13. The van der Waals surface area contributed by atoms with Crippen LogP contribution >= 0.6 is 11.3 Å². The molecular formula is C38H28F3N3O2S. The number of carboxylic acids is 1. The van der Waals surface area contributed by atoms with Gasteiger partial charge in [0, 0.05) is 38.2 Å². The highest BCUT2D eigenvalue weighted by atomic mass is 32.1. The molecule has 0 fully saturated rings. The summed E-state index contributed by atoms with van der Waals surface area (Å²) in [7, 11) is 0. The Bertz CT molecular complexity index is 1940. The minimum atomic E-state index is -4.96. The molecule has 1 heterocycles. The first kappa shape index (κ1) is 31.2. The molecule has 6 rings (SSSR count). The largest absolute Gasteiger partial charge is 0.478 e. The number of nitrogens with zero attached hydrogens (tertiary/aromatic N) is 1. The van der Waals surface area contributed by atoms with Crippen LogP contribution in [0.1, 0.15) is 4.88 Å². The van der Waals surface area contributed by atoms with E-state index in [0.717, 1.165) is 56.2 Å². The van der Waals surface area contributed by atoms with Gasteiger partial charge in [-0.2, -0.15) is 13.2 Å². The van der Waals surface area contributed by atoms with Crippen molar-refractivity contribution in [2.24, 2.45) is 0 Å². The van der Waals surface area contributed by atoms with Gasteiger partial charge in [-0.25, -0.2) is 4.79 Å². The third-order valence-electron chi connectivity index (χ3n) is 7.60. The predicted octanol–water partition coefficient (Wildman–Crippen LogP) is 10.4. The molecule has 1 aromatic heterocycles. The number of nitrogens with two attached hydrogens (primary N) is 2. The smallest absolute Gasteiger partial charge is 0.423 e. The van der Waals surface area contributed by atoms with Crippen molar-refractivity contribution in [3.63, 3.8) is 0 Å². The number of hydrogen-bond donors (Lipinski definition) is 3. The van der Waals surface area contributed by atoms with Gasteiger partial charge < -0.3 is 21.5 Å². The van der Waals surface area contributed by atoms with Gasteiger partial charge in [-0.15, -0.1) is 11.3 Å². The Labute approximate surface area is 273 Å². The number of carbonyl (C=O) groups is 1. The molecule has 0 saturated carbocycles. The van der Waals surface area contributed by atoms with Crippen LogP contribution in [0.3, 0.4) is 0 Å². The van der Waals surface area contributed by atoms with Crippen molar-refractivity contribution < 1.29 is 23.1 Å². The van der Waals surface area contributed by atoms with Gasteiger partial charge in [0.2, 0.25) is 0 Å². The van der Waals surface area contributed by atoms with E-state index in [2.05, 4.69) is 29.2 Å². The number of hydrogen-bond acceptors (Lipinski definition) is 5. The molecule has 0 aliphatic heterocycles. The fraction of sp³-hybridized carbons (Fsp3) is 0.0263. The Kier molecular flexibility index (Phi) is 8.56. The number of carboxylic acid groups (broad SMARTS) is 1. The summed E-state index contributed by atoms with van der Waals surface area (Å²) < 4.78 is 39.5. The Morgan fingerprint density at radius 3 is 1.30 bits per heavy atom. The molecule has 0 amide bonds. The summed E-state index contributed by atoms with van der Waals surface area (Å²) in [6, 6.07) is 42.7. The van der Waals surface area contributed by atoms with Crippen molar-refractivity contribution in [2.75, 3.05) is 16.4 Å². The first-order valence-electron chi connectivity index (χ1n) is 14.5. The summed E-state index contributed by atoms with van der Waals surface area (Å²) in [5.74, 6) is -2.01. The minimum Gasteiger partial charge on any atom is -0.478 e. The average molecular weight is 648 g/mol. The van der Waals surface area contributed by atoms with E-state index in [-0.39, 0.29) is 4.88 Å². The minimum absolute atomic E-state index is 0.197. The van der Waals surface area contributed by atoms with Gasteiger partial charge in [0.05, 0.1) is 0 Å². The molecule has 9 heteroatoms. The van der Waals surface area contributed by atoms with Crippen molar-refractivity contribution >= 4 is 51.8 Å². The first-order chi connectivity index (χ1) is 22.5. The molecule has 0 spiro atoms. The lowest BCUT2D eigenvalue weighted by Crippen LogP contribution is -2.19. The first-order valence-corrected chi connectivity index (χ1v) is 15.3. The van der Waals surface area contributed by atoms with Crippen LogP contribution in [0.5, 0.6) is 0 Å². The van der Waals surface area contributed by atoms with Crippen LogP contribution in [0.25, 0.3) is 38.8 Å². The van der Waals surface area contributed by atoms with Crippen molar-refractivity contribution in [1.29, 1.82) is 0 Å². The number of rotatable bonds is 8. The van der Waals surface area contributed by atoms with Crippen LogP contribution in [-0.2, 0) is 4.79 Å². The highest BCUT2D eigenvalue weighted by Gasteiger charge is 2.38. The van der Waals surface area contributed by atoms with E-state index < -0.39 is 17.7 Å². The van der Waals surface area contributed by atoms with Crippen LogP contribution in [0.15, 0.2) is 139 Å². The third-order valence-corrected chi connectivity index (χ3v) is 8.68. The van der Waals surface area contributed by atoms with Gasteiger partial charge in [0.1, 0.15) is 5.57 Å². The molecule has 0 aliphatic carbocycles. The number of thiophene rings is 1. The lowest BCUT2D eigenvalue weighted by atomic mass is 10.0. The number of alkyl halides is 3. The number of aliphatic carboxylic acids is 1. The Balaban J connectivity index is 1.34. The zero-order valence-corrected chi connectivity index (χ0v) is 25.6. The van der Waals surface area contributed by atoms with Gasteiger partial charge in [-0.1, -0.05) is 60.7 Å². The molecule has 5 N–H and O–H groups in total. The van der Waals surface area contributed by atoms with E-state index in [4.69, 9.17) is 16.6 Å². The molecule has 6 aromatic rings. The van der Waals surface area contributed by atoms with Crippen molar-refractivity contribution in [3.05, 3.63) is 144 Å². The summed E-state index contributed by atoms with van der Waals surface area (Å²) >= 11 is 1.09. The molecular weight excluding hydrogens is 619 g/mol. The monoisotopic (exact) mass is 647 g/mol. The molecule has 234 valence electrons. The maximum Gasteiger partial charge on any atom is 0.423 e. The zero-order valence-electron chi connectivity index (χ0n) is 24.8. The average Bonchev–Trinajstić information content (AvgIpc) is 3.54. The maximum absolute atomic E-state index is 13.2. The SMILES string of the molecule is Nc1ccc(-c2ccc(N(c3ccc(-c4ccc(N)cc4)cc3)c3ccc(-c4ccc(/C=C(\C(=O)O)C(F)(F)F)s4)cc3)cc2)cc1. The van der Waals surface area contributed by atoms with E-state index in [0.29, 0.717) is 22.3 Å². The highest BCUT2D eigenvalue weighted by Crippen LogP contribution is 2.39. The van der Waals surface area contributed by atoms with E-state index >= 15 is 0 Å². The van der Waals surface area contributed by atoms with Gasteiger partial charge in [0.15, 0.2) is 0 Å². The number of anilines is 5. The molecule has 0 unspecified atom stereocenters. The van der Waals surface area contributed by atoms with E-state index in [9.17, 15) is 18.0 Å². The highest BCUT2D eigenvalue weighted by molar-refractivity contribution is 7.16. The van der Waals surface area contributed by atoms with Gasteiger partial charge in [0.25, 0.3) is 0 Å². The van der Waals surface area contributed by atoms with Gasteiger partial charge >= 0.3 is 12.1 Å². The van der Waals surface area contributed by atoms with Gasteiger partial charge in [-0.3, -0.25) is 0 Å². The summed E-state index contributed by atoms with van der Waals surface area (Å²) in [5.41, 5.74) is 19.2. The normalized spacial score (nSPS) is 11.8. The second-order valence-corrected chi connectivity index (χ2v) is 11.9. The van der Waals surface area contributed by atoms with E-state index in [1.807, 2.05) is 97.1 Å². The fourth-order valence-electron chi connectivity index (χ4n) is 5.17. The number of halogens is 3. The Morgan fingerprint density at radius 1 is 0.574 bits per heavy atom. The molecule has 0 saturated heterocycles. The Morgan fingerprint density at radius 2 is 0.936 bits per heavy atom. The van der Waals surface area contributed by atoms with Crippen LogP contribution in [0.4, 0.5) is 41.6 Å². The molecule has 0 bridgehead atoms. The number of nitrogen functional groups attached to an aromatic ring is 2. The third kappa shape index (κ3) is 7.05. The van der Waals surface area contributed by atoms with Crippen LogP contribution in [0.2, 0.25) is 0 Å². The second kappa shape index (κ2) is 12.9. The molecule has 0 aliphatic rings. The molecule has 5 nitrogen and oxygen atoms in total. The van der Waals surface area contributed by atoms with Crippen molar-refractivity contribution in [1.82, 2.24) is 0 Å². The molecule has 47 heavy (non-hydrogen) atoms. The maximum atomic E-state index is 13.2. The predicted molar refractivity (Wildman–Crippen MR) is 186 cm³/mol. The summed E-state index contributed by atoms with van der Waals surface area (Å²) in [4.78, 5) is 14.2. The second-order valence-electron chi connectivity index (χ2n) is 10.8. The van der Waals surface area contributed by atoms with Crippen LogP contribution < -0.4 is 16.4 Å². The van der Waals surface area contributed by atoms with E-state index in [1.165, 1.54) is 6.07 Å². The molecule has 5 aromatic carbocycles. The summed E-state index contributed by atoms with van der Waals surface area (Å²) in [6.45, 7) is 0. The zero-order chi connectivity index (χ0) is 33.1. The summed E-state index contributed by atoms with van der Waals surface area (Å²) in [5, 5.41) is 9.03. The van der Waals surface area contributed by atoms with Crippen molar-refractivity contribution in [3.8, 4) is 32.7 Å². The lowest BCUT2D eigenvalue weighted by molar-refractivity contribution is -0.144. The standard InChI is InChI=1S/C38H28F3N3O2S/c39-38(40,41)35(37(45)46)23-34-21-22-36(47-34)28-9-19-33(20-10-28)44(31-15-5-26(6-16-31)24-1-11-29(42)12-2-24)32-17-7-27(8-18-32)25-3-13-30(43)14-4-25/h1-23H,42-43H2,(H,45,46)/b35-23+. The lowest BCUT2D eigenvalue weighted by Gasteiger charge is -2.26. The number of benzene rings is 5. The van der Waals surface area contributed by atoms with Crippen molar-refractivity contribution in [2.45, 2.75) is 6.18 Å². The topological polar surface area (TPSA) is 92.6 Å². The summed E-state index contributed by atoms with van der Waals surface area (Å²) in [6.07, 6.45) is -4.30. The van der Waals surface area contributed by atoms with E-state index in [1.54, 1.807) is 6.07 Å². The van der Waals surface area contributed by atoms with Crippen LogP contribution in [0, 0.1) is 0 Å². The Hall–Kier alpha value is -5.80. The van der Waals surface area contributed by atoms with Gasteiger partial charge in [-0.05, 0) is 107 Å².